The molecule has 0 fully saturated rings. The molecule has 9 nitrogen and oxygen atoms in total. The van der Waals surface area contributed by atoms with Gasteiger partial charge in [0.15, 0.2) is 5.69 Å². The van der Waals surface area contributed by atoms with Crippen molar-refractivity contribution in [1.82, 2.24) is 19.7 Å². The van der Waals surface area contributed by atoms with E-state index in [2.05, 4.69) is 15.1 Å². The molecular formula is C24H18F3N7O2. The molecule has 12 heteroatoms. The van der Waals surface area contributed by atoms with Crippen LogP contribution in [0.15, 0.2) is 42.6 Å². The van der Waals surface area contributed by atoms with E-state index < -0.39 is 17.8 Å². The fraction of sp³-hybridized carbons (Fsp3) is 0.208. The Labute approximate surface area is 202 Å². The summed E-state index contributed by atoms with van der Waals surface area (Å²) < 4.78 is 45.7. The molecule has 0 radical (unpaired) electrons. The third-order valence-electron chi connectivity index (χ3n) is 5.93. The summed E-state index contributed by atoms with van der Waals surface area (Å²) in [5, 5.41) is 14.2. The van der Waals surface area contributed by atoms with Crippen molar-refractivity contribution in [2.45, 2.75) is 25.9 Å². The number of pyridine rings is 2. The molecule has 0 saturated heterocycles. The smallest absolute Gasteiger partial charge is 0.383 e. The number of halogens is 3. The minimum Gasteiger partial charge on any atom is -0.383 e. The van der Waals surface area contributed by atoms with Gasteiger partial charge in [-0.1, -0.05) is 12.1 Å². The second kappa shape index (κ2) is 8.62. The van der Waals surface area contributed by atoms with Gasteiger partial charge in [0.25, 0.3) is 5.91 Å². The zero-order valence-corrected chi connectivity index (χ0v) is 18.9. The number of hydrogen-bond donors (Lipinski definition) is 1. The van der Waals surface area contributed by atoms with Gasteiger partial charge in [0.05, 0.1) is 30.8 Å². The summed E-state index contributed by atoms with van der Waals surface area (Å²) in [4.78, 5) is 22.7. The van der Waals surface area contributed by atoms with Crippen LogP contribution >= 0.6 is 0 Å². The van der Waals surface area contributed by atoms with Crippen molar-refractivity contribution in [2.24, 2.45) is 7.05 Å². The number of carbonyl (C=O) groups is 1. The maximum atomic E-state index is 13.5. The van der Waals surface area contributed by atoms with Crippen molar-refractivity contribution in [2.75, 3.05) is 10.6 Å². The number of alkyl halides is 3. The van der Waals surface area contributed by atoms with Crippen LogP contribution in [0.2, 0.25) is 0 Å². The maximum Gasteiger partial charge on any atom is 0.433 e. The molecule has 1 amide bonds. The Morgan fingerprint density at radius 1 is 1.22 bits per heavy atom. The SMILES string of the molecule is Cn1nc(C#N)cc1N(Cc1ccc2c3c(c(N)nc2c1)COC3)C(=O)c1ccc(C(F)(F)F)nc1. The average molecular weight is 493 g/mol. The molecule has 1 aliphatic heterocycles. The van der Waals surface area contributed by atoms with Crippen LogP contribution in [-0.2, 0) is 37.7 Å². The molecule has 36 heavy (non-hydrogen) atoms. The van der Waals surface area contributed by atoms with Gasteiger partial charge >= 0.3 is 6.18 Å². The first-order chi connectivity index (χ1) is 17.2. The Hall–Kier alpha value is -4.50. The van der Waals surface area contributed by atoms with Crippen LogP contribution in [0.5, 0.6) is 0 Å². The second-order valence-corrected chi connectivity index (χ2v) is 8.24. The lowest BCUT2D eigenvalue weighted by molar-refractivity contribution is -0.141. The van der Waals surface area contributed by atoms with Crippen LogP contribution < -0.4 is 10.6 Å². The summed E-state index contributed by atoms with van der Waals surface area (Å²) in [7, 11) is 1.56. The van der Waals surface area contributed by atoms with Crippen LogP contribution in [0.1, 0.15) is 38.4 Å². The molecule has 4 aromatic rings. The number of fused-ring (bicyclic) bond motifs is 3. The number of anilines is 2. The average Bonchev–Trinajstić information content (AvgIpc) is 3.49. The Balaban J connectivity index is 1.54. The fourth-order valence-electron chi connectivity index (χ4n) is 4.17. The highest BCUT2D eigenvalue weighted by Gasteiger charge is 2.33. The molecule has 4 heterocycles. The van der Waals surface area contributed by atoms with Gasteiger partial charge in [0, 0.05) is 30.3 Å². The number of rotatable bonds is 4. The van der Waals surface area contributed by atoms with Crippen LogP contribution in [-0.4, -0.2) is 25.7 Å². The predicted octanol–water partition coefficient (Wildman–Crippen LogP) is 3.71. The van der Waals surface area contributed by atoms with Crippen molar-refractivity contribution < 1.29 is 22.7 Å². The van der Waals surface area contributed by atoms with Crippen LogP contribution in [0, 0.1) is 11.3 Å². The zero-order chi connectivity index (χ0) is 25.6. The number of nitrogens with zero attached hydrogens (tertiary/aromatic N) is 6. The molecule has 182 valence electrons. The maximum absolute atomic E-state index is 13.5. The van der Waals surface area contributed by atoms with Crippen LogP contribution in [0.25, 0.3) is 10.9 Å². The second-order valence-electron chi connectivity index (χ2n) is 8.24. The third kappa shape index (κ3) is 4.09. The van der Waals surface area contributed by atoms with E-state index >= 15 is 0 Å². The summed E-state index contributed by atoms with van der Waals surface area (Å²) in [5.41, 5.74) is 8.16. The van der Waals surface area contributed by atoms with Crippen molar-refractivity contribution in [3.05, 3.63) is 76.2 Å². The topological polar surface area (TPSA) is 123 Å². The van der Waals surface area contributed by atoms with E-state index in [1.54, 1.807) is 13.1 Å². The summed E-state index contributed by atoms with van der Waals surface area (Å²) in [6, 6.07) is 10.7. The van der Waals surface area contributed by atoms with Gasteiger partial charge in [-0.15, -0.1) is 0 Å². The van der Waals surface area contributed by atoms with E-state index in [4.69, 9.17) is 10.5 Å². The van der Waals surface area contributed by atoms with E-state index in [1.807, 2.05) is 18.2 Å². The van der Waals surface area contributed by atoms with Gasteiger partial charge in [-0.2, -0.15) is 23.5 Å². The largest absolute Gasteiger partial charge is 0.433 e. The number of aromatic nitrogens is 4. The highest BCUT2D eigenvalue weighted by molar-refractivity contribution is 6.05. The van der Waals surface area contributed by atoms with Crippen LogP contribution in [0.4, 0.5) is 24.8 Å². The summed E-state index contributed by atoms with van der Waals surface area (Å²) in [6.07, 6.45) is -3.75. The normalized spacial score (nSPS) is 13.0. The van der Waals surface area contributed by atoms with Crippen LogP contribution in [0.3, 0.4) is 0 Å². The van der Waals surface area contributed by atoms with Crippen molar-refractivity contribution in [3.8, 4) is 6.07 Å². The number of benzene rings is 1. The van der Waals surface area contributed by atoms with Gasteiger partial charge in [0.1, 0.15) is 23.4 Å². The number of nitrogen functional groups attached to an aromatic ring is 1. The molecule has 0 saturated carbocycles. The van der Waals surface area contributed by atoms with Crippen molar-refractivity contribution in [3.63, 3.8) is 0 Å². The standard InChI is InChI=1S/C24H18F3N7O2/c1-33-21(7-15(8-28)32-33)34(23(35)14-3-5-20(30-9-14)24(25,26)27)10-13-2-4-16-17-11-36-12-18(17)22(29)31-19(16)6-13/h2-7,9H,10-12H2,1H3,(H2,29,31). The molecule has 0 bridgehead atoms. The van der Waals surface area contributed by atoms with Crippen molar-refractivity contribution >= 4 is 28.4 Å². The van der Waals surface area contributed by atoms with E-state index in [9.17, 15) is 23.2 Å². The molecule has 3 aromatic heterocycles. The Kier molecular flexibility index (Phi) is 5.57. The van der Waals surface area contributed by atoms with E-state index in [-0.39, 0.29) is 23.6 Å². The lowest BCUT2D eigenvalue weighted by Gasteiger charge is -2.23. The van der Waals surface area contributed by atoms with Gasteiger partial charge in [-0.3, -0.25) is 19.4 Å². The molecule has 0 atom stereocenters. The Bertz CT molecular complexity index is 1540. The van der Waals surface area contributed by atoms with Gasteiger partial charge in [0.2, 0.25) is 0 Å². The zero-order valence-electron chi connectivity index (χ0n) is 18.9. The highest BCUT2D eigenvalue weighted by Crippen LogP contribution is 2.32. The lowest BCUT2D eigenvalue weighted by Crippen LogP contribution is -2.32. The fourth-order valence-corrected chi connectivity index (χ4v) is 4.17. The lowest BCUT2D eigenvalue weighted by atomic mass is 10.0. The molecule has 5 rings (SSSR count). The molecule has 0 unspecified atom stereocenters. The monoisotopic (exact) mass is 493 g/mol. The Morgan fingerprint density at radius 2 is 2.00 bits per heavy atom. The summed E-state index contributed by atoms with van der Waals surface area (Å²) in [5.74, 6) is 0.0474. The highest BCUT2D eigenvalue weighted by atomic mass is 19.4. The number of hydrogen-bond acceptors (Lipinski definition) is 7. The minimum atomic E-state index is -4.63. The van der Waals surface area contributed by atoms with E-state index in [0.717, 1.165) is 34.8 Å². The molecule has 0 spiro atoms. The van der Waals surface area contributed by atoms with Gasteiger partial charge < -0.3 is 10.5 Å². The first-order valence-electron chi connectivity index (χ1n) is 10.7. The summed E-state index contributed by atoms with van der Waals surface area (Å²) in [6.45, 7) is 0.849. The minimum absolute atomic E-state index is 0.0232. The number of ether oxygens (including phenoxy) is 1. The number of nitriles is 1. The number of amides is 1. The summed E-state index contributed by atoms with van der Waals surface area (Å²) >= 11 is 0. The predicted molar refractivity (Wildman–Crippen MR) is 122 cm³/mol. The Morgan fingerprint density at radius 3 is 2.67 bits per heavy atom. The first-order valence-corrected chi connectivity index (χ1v) is 10.7. The molecular weight excluding hydrogens is 475 g/mol. The van der Waals surface area contributed by atoms with E-state index in [0.29, 0.717) is 30.1 Å². The van der Waals surface area contributed by atoms with Gasteiger partial charge in [-0.25, -0.2) is 4.98 Å². The van der Waals surface area contributed by atoms with Crippen molar-refractivity contribution in [1.29, 1.82) is 5.26 Å². The van der Waals surface area contributed by atoms with Gasteiger partial charge in [-0.05, 0) is 29.3 Å². The first kappa shape index (κ1) is 23.3. The quantitative estimate of drug-likeness (QED) is 0.460. The van der Waals surface area contributed by atoms with E-state index in [1.165, 1.54) is 15.6 Å². The molecule has 1 aromatic carbocycles. The number of aryl methyl sites for hydroxylation is 1. The third-order valence-corrected chi connectivity index (χ3v) is 5.93. The number of carbonyl (C=O) groups excluding carboxylic acids is 1. The molecule has 0 aliphatic carbocycles. The molecule has 2 N–H and O–H groups in total. The molecule has 1 aliphatic rings. The number of nitrogens with two attached hydrogens (primary N) is 1.